The average molecular weight is 287 g/mol. The largest absolute Gasteiger partial charge is 0.395 e. The molecule has 0 aliphatic rings. The van der Waals surface area contributed by atoms with Crippen LogP contribution in [0.2, 0.25) is 0 Å². The van der Waals surface area contributed by atoms with Gasteiger partial charge in [-0.15, -0.1) is 0 Å². The van der Waals surface area contributed by atoms with Crippen molar-refractivity contribution in [1.29, 1.82) is 0 Å². The van der Waals surface area contributed by atoms with Crippen LogP contribution in [0.25, 0.3) is 0 Å². The maximum absolute atomic E-state index is 9.06. The van der Waals surface area contributed by atoms with Crippen LogP contribution in [-0.2, 0) is 0 Å². The molecule has 0 fully saturated rings. The molecule has 4 heteroatoms. The molecule has 0 bridgehead atoms. The monoisotopic (exact) mass is 286 g/mol. The fourth-order valence-electron chi connectivity index (χ4n) is 1.66. The molecule has 3 nitrogen and oxygen atoms in total. The lowest BCUT2D eigenvalue weighted by Gasteiger charge is -2.24. The first kappa shape index (κ1) is 13.5. The van der Waals surface area contributed by atoms with Gasteiger partial charge in [-0.3, -0.25) is 0 Å². The van der Waals surface area contributed by atoms with E-state index in [1.165, 1.54) is 0 Å². The third-order valence-corrected chi connectivity index (χ3v) is 2.90. The maximum Gasteiger partial charge on any atom is 0.131 e. The minimum atomic E-state index is 0.168. The zero-order chi connectivity index (χ0) is 12.0. The highest BCUT2D eigenvalue weighted by Gasteiger charge is 2.09. The lowest BCUT2D eigenvalue weighted by Crippen LogP contribution is -2.29. The highest BCUT2D eigenvalue weighted by Crippen LogP contribution is 2.20. The van der Waals surface area contributed by atoms with Gasteiger partial charge in [-0.25, -0.2) is 4.98 Å². The molecular weight excluding hydrogens is 268 g/mol. The molecule has 0 aromatic carbocycles. The Bertz CT molecular complexity index is 331. The first-order valence-electron chi connectivity index (χ1n) is 5.67. The van der Waals surface area contributed by atoms with E-state index in [1.807, 2.05) is 6.92 Å². The number of nitrogens with zero attached hydrogens (tertiary/aromatic N) is 2. The van der Waals surface area contributed by atoms with Crippen molar-refractivity contribution in [3.05, 3.63) is 22.3 Å². The van der Waals surface area contributed by atoms with Crippen LogP contribution in [0.3, 0.4) is 0 Å². The molecule has 0 radical (unpaired) electrons. The Balaban J connectivity index is 2.82. The molecule has 0 amide bonds. The summed E-state index contributed by atoms with van der Waals surface area (Å²) in [5, 5.41) is 9.06. The lowest BCUT2D eigenvalue weighted by molar-refractivity contribution is 0.301. The Morgan fingerprint density at radius 2 is 2.19 bits per heavy atom. The third kappa shape index (κ3) is 3.76. The maximum atomic E-state index is 9.06. The van der Waals surface area contributed by atoms with Crippen LogP contribution in [-0.4, -0.2) is 29.8 Å². The van der Waals surface area contributed by atoms with Crippen LogP contribution in [0.4, 0.5) is 5.82 Å². The molecule has 0 atom stereocenters. The van der Waals surface area contributed by atoms with Gasteiger partial charge in [0.15, 0.2) is 0 Å². The van der Waals surface area contributed by atoms with Gasteiger partial charge in [-0.2, -0.15) is 0 Å². The second-order valence-corrected chi connectivity index (χ2v) is 4.77. The van der Waals surface area contributed by atoms with E-state index in [9.17, 15) is 0 Å². The summed E-state index contributed by atoms with van der Waals surface area (Å²) in [5.74, 6) is 0.978. The molecule has 1 N–H and O–H groups in total. The van der Waals surface area contributed by atoms with E-state index in [-0.39, 0.29) is 6.61 Å². The summed E-state index contributed by atoms with van der Waals surface area (Å²) >= 11 is 3.41. The molecule has 0 saturated heterocycles. The highest BCUT2D eigenvalue weighted by molar-refractivity contribution is 9.10. The van der Waals surface area contributed by atoms with E-state index in [4.69, 9.17) is 5.11 Å². The zero-order valence-corrected chi connectivity index (χ0v) is 11.5. The summed E-state index contributed by atoms with van der Waals surface area (Å²) in [7, 11) is 0. The van der Waals surface area contributed by atoms with Gasteiger partial charge in [-0.1, -0.05) is 13.3 Å². The lowest BCUT2D eigenvalue weighted by atomic mass is 10.2. The minimum Gasteiger partial charge on any atom is -0.395 e. The molecule has 1 aromatic rings. The van der Waals surface area contributed by atoms with Crippen LogP contribution in [0.5, 0.6) is 0 Å². The van der Waals surface area contributed by atoms with Gasteiger partial charge in [0.2, 0.25) is 0 Å². The van der Waals surface area contributed by atoms with Gasteiger partial charge < -0.3 is 10.0 Å². The molecule has 0 aliphatic heterocycles. The molecule has 16 heavy (non-hydrogen) atoms. The van der Waals surface area contributed by atoms with Gasteiger partial charge in [0, 0.05) is 23.8 Å². The summed E-state index contributed by atoms with van der Waals surface area (Å²) in [6, 6.07) is 2.05. The van der Waals surface area contributed by atoms with Crippen molar-refractivity contribution < 1.29 is 5.11 Å². The van der Waals surface area contributed by atoms with E-state index in [2.05, 4.69) is 38.8 Å². The number of unbranched alkanes of at least 4 members (excludes halogenated alkanes) is 1. The quantitative estimate of drug-likeness (QED) is 0.874. The average Bonchev–Trinajstić information content (AvgIpc) is 2.25. The van der Waals surface area contributed by atoms with E-state index in [0.29, 0.717) is 6.54 Å². The predicted octanol–water partition coefficient (Wildman–Crippen LogP) is 2.75. The SMILES string of the molecule is CCCCN(CCO)c1ncc(Br)cc1C. The first-order valence-corrected chi connectivity index (χ1v) is 6.46. The number of aromatic nitrogens is 1. The smallest absolute Gasteiger partial charge is 0.131 e. The Labute approximate surface area is 106 Å². The van der Waals surface area contributed by atoms with E-state index < -0.39 is 0 Å². The van der Waals surface area contributed by atoms with Crippen LogP contribution in [0.1, 0.15) is 25.3 Å². The van der Waals surface area contributed by atoms with Gasteiger partial charge in [0.05, 0.1) is 6.61 Å². The summed E-state index contributed by atoms with van der Waals surface area (Å²) in [5.41, 5.74) is 1.14. The van der Waals surface area contributed by atoms with Crippen molar-refractivity contribution in [3.8, 4) is 0 Å². The van der Waals surface area contributed by atoms with Crippen LogP contribution in [0, 0.1) is 6.92 Å². The predicted molar refractivity (Wildman–Crippen MR) is 70.9 cm³/mol. The molecule has 1 aromatic heterocycles. The third-order valence-electron chi connectivity index (χ3n) is 2.47. The first-order chi connectivity index (χ1) is 7.69. The van der Waals surface area contributed by atoms with Crippen molar-refractivity contribution >= 4 is 21.7 Å². The van der Waals surface area contributed by atoms with Crippen LogP contribution < -0.4 is 4.90 Å². The fraction of sp³-hybridized carbons (Fsp3) is 0.583. The minimum absolute atomic E-state index is 0.168. The number of aliphatic hydroxyl groups excluding tert-OH is 1. The number of pyridine rings is 1. The van der Waals surface area contributed by atoms with Crippen molar-refractivity contribution in [1.82, 2.24) is 4.98 Å². The Morgan fingerprint density at radius 3 is 2.75 bits per heavy atom. The number of hydrogen-bond acceptors (Lipinski definition) is 3. The van der Waals surface area contributed by atoms with Gasteiger partial charge in [0.1, 0.15) is 5.82 Å². The molecule has 1 heterocycles. The Kier molecular flexibility index (Phi) is 5.77. The number of anilines is 1. The molecule has 90 valence electrons. The molecule has 0 unspecified atom stereocenters. The number of rotatable bonds is 6. The van der Waals surface area contributed by atoms with Gasteiger partial charge >= 0.3 is 0 Å². The van der Waals surface area contributed by atoms with Crippen LogP contribution >= 0.6 is 15.9 Å². The van der Waals surface area contributed by atoms with Crippen LogP contribution in [0.15, 0.2) is 16.7 Å². The number of aliphatic hydroxyl groups is 1. The molecule has 1 rings (SSSR count). The molecule has 0 spiro atoms. The number of hydrogen-bond donors (Lipinski definition) is 1. The van der Waals surface area contributed by atoms with Gasteiger partial charge in [0.25, 0.3) is 0 Å². The number of aryl methyl sites for hydroxylation is 1. The normalized spacial score (nSPS) is 10.5. The van der Waals surface area contributed by atoms with Crippen molar-refractivity contribution in [2.24, 2.45) is 0 Å². The van der Waals surface area contributed by atoms with Crippen molar-refractivity contribution in [2.45, 2.75) is 26.7 Å². The number of halogens is 1. The Hall–Kier alpha value is -0.610. The second-order valence-electron chi connectivity index (χ2n) is 3.86. The Morgan fingerprint density at radius 1 is 1.44 bits per heavy atom. The standard InChI is InChI=1S/C12H19BrN2O/c1-3-4-5-15(6-7-16)12-10(2)8-11(13)9-14-12/h8-9,16H,3-7H2,1-2H3. The molecular formula is C12H19BrN2O. The van der Waals surface area contributed by atoms with E-state index in [0.717, 1.165) is 35.2 Å². The molecule has 0 aliphatic carbocycles. The summed E-state index contributed by atoms with van der Waals surface area (Å²) < 4.78 is 0.994. The molecule has 0 saturated carbocycles. The summed E-state index contributed by atoms with van der Waals surface area (Å²) in [6.07, 6.45) is 4.08. The summed E-state index contributed by atoms with van der Waals surface area (Å²) in [6.45, 7) is 5.98. The van der Waals surface area contributed by atoms with Gasteiger partial charge in [-0.05, 0) is 40.9 Å². The van der Waals surface area contributed by atoms with Crippen molar-refractivity contribution in [2.75, 3.05) is 24.6 Å². The highest BCUT2D eigenvalue weighted by atomic mass is 79.9. The fourth-order valence-corrected chi connectivity index (χ4v) is 2.10. The topological polar surface area (TPSA) is 36.4 Å². The van der Waals surface area contributed by atoms with E-state index >= 15 is 0 Å². The second kappa shape index (κ2) is 6.86. The van der Waals surface area contributed by atoms with E-state index in [1.54, 1.807) is 6.20 Å². The summed E-state index contributed by atoms with van der Waals surface area (Å²) in [4.78, 5) is 6.56. The van der Waals surface area contributed by atoms with Crippen molar-refractivity contribution in [3.63, 3.8) is 0 Å². The zero-order valence-electron chi connectivity index (χ0n) is 9.91.